The highest BCUT2D eigenvalue weighted by Gasteiger charge is 2.16. The minimum atomic E-state index is 0.638. The normalized spacial score (nSPS) is 10.9. The second-order valence-corrected chi connectivity index (χ2v) is 11.7. The van der Waals surface area contributed by atoms with E-state index in [9.17, 15) is 0 Å². The van der Waals surface area contributed by atoms with E-state index in [0.717, 1.165) is 38.9 Å². The van der Waals surface area contributed by atoms with Gasteiger partial charge in [-0.15, -0.1) is 0 Å². The SMILES string of the molecule is c1ccc(-c2nc(-c3ccccc3)nc(-c3ccc(-c4ccc(-c5ccccc5-c5ccccc5)cc4)c(-c4ccccc4)c3)n2)cc1. The molecule has 0 saturated heterocycles. The van der Waals surface area contributed by atoms with E-state index in [-0.39, 0.29) is 0 Å². The molecule has 1 heterocycles. The molecule has 0 aliphatic carbocycles. The first kappa shape index (κ1) is 29.0. The Labute approximate surface area is 280 Å². The fourth-order valence-corrected chi connectivity index (χ4v) is 6.16. The first-order valence-electron chi connectivity index (χ1n) is 16.1. The summed E-state index contributed by atoms with van der Waals surface area (Å²) in [6, 6.07) is 65.3. The van der Waals surface area contributed by atoms with E-state index in [1.165, 1.54) is 22.3 Å². The van der Waals surface area contributed by atoms with Gasteiger partial charge in [0.1, 0.15) is 0 Å². The van der Waals surface area contributed by atoms with Gasteiger partial charge in [0.15, 0.2) is 17.5 Å². The van der Waals surface area contributed by atoms with E-state index in [4.69, 9.17) is 15.0 Å². The predicted molar refractivity (Wildman–Crippen MR) is 198 cm³/mol. The molecule has 0 saturated carbocycles. The summed E-state index contributed by atoms with van der Waals surface area (Å²) in [5.74, 6) is 1.94. The summed E-state index contributed by atoms with van der Waals surface area (Å²) in [7, 11) is 0. The molecule has 48 heavy (non-hydrogen) atoms. The van der Waals surface area contributed by atoms with Crippen LogP contribution in [0.5, 0.6) is 0 Å². The van der Waals surface area contributed by atoms with Crippen LogP contribution in [0.4, 0.5) is 0 Å². The fraction of sp³-hybridized carbons (Fsp3) is 0. The highest BCUT2D eigenvalue weighted by Crippen LogP contribution is 2.38. The first-order valence-corrected chi connectivity index (χ1v) is 16.1. The zero-order valence-electron chi connectivity index (χ0n) is 26.2. The van der Waals surface area contributed by atoms with Gasteiger partial charge in [-0.3, -0.25) is 0 Å². The molecule has 3 heteroatoms. The molecule has 0 aliphatic heterocycles. The molecule has 8 aromatic rings. The molecule has 3 nitrogen and oxygen atoms in total. The molecule has 0 radical (unpaired) electrons. The maximum atomic E-state index is 4.99. The van der Waals surface area contributed by atoms with Crippen molar-refractivity contribution in [2.75, 3.05) is 0 Å². The van der Waals surface area contributed by atoms with E-state index in [1.807, 2.05) is 60.7 Å². The summed E-state index contributed by atoms with van der Waals surface area (Å²) < 4.78 is 0. The molecule has 0 amide bonds. The van der Waals surface area contributed by atoms with Gasteiger partial charge in [0.2, 0.25) is 0 Å². The van der Waals surface area contributed by atoms with Crippen molar-refractivity contribution in [2.24, 2.45) is 0 Å². The van der Waals surface area contributed by atoms with Crippen LogP contribution in [0, 0.1) is 0 Å². The number of rotatable bonds is 7. The van der Waals surface area contributed by atoms with Crippen molar-refractivity contribution >= 4 is 0 Å². The molecule has 226 valence electrons. The molecular weight excluding hydrogens is 583 g/mol. The third kappa shape index (κ3) is 5.93. The highest BCUT2D eigenvalue weighted by molar-refractivity contribution is 5.89. The van der Waals surface area contributed by atoms with Gasteiger partial charge in [-0.2, -0.15) is 0 Å². The Bertz CT molecular complexity index is 2240. The molecule has 0 atom stereocenters. The van der Waals surface area contributed by atoms with Crippen molar-refractivity contribution in [1.29, 1.82) is 0 Å². The molecule has 8 rings (SSSR count). The first-order chi connectivity index (χ1) is 23.8. The van der Waals surface area contributed by atoms with Crippen LogP contribution in [0.2, 0.25) is 0 Å². The fourth-order valence-electron chi connectivity index (χ4n) is 6.16. The smallest absolute Gasteiger partial charge is 0.164 e. The van der Waals surface area contributed by atoms with Crippen molar-refractivity contribution in [3.8, 4) is 78.7 Å². The zero-order valence-corrected chi connectivity index (χ0v) is 26.2. The van der Waals surface area contributed by atoms with E-state index in [0.29, 0.717) is 17.5 Å². The van der Waals surface area contributed by atoms with Crippen LogP contribution in [0.15, 0.2) is 188 Å². The Morgan fingerprint density at radius 3 is 0.938 bits per heavy atom. The molecule has 0 bridgehead atoms. The predicted octanol–water partition coefficient (Wildman–Crippen LogP) is 11.5. The summed E-state index contributed by atoms with van der Waals surface area (Å²) in [6.07, 6.45) is 0. The molecule has 0 aliphatic rings. The molecule has 0 spiro atoms. The lowest BCUT2D eigenvalue weighted by Crippen LogP contribution is -2.00. The Hall–Kier alpha value is -6.45. The van der Waals surface area contributed by atoms with Crippen LogP contribution in [0.3, 0.4) is 0 Å². The van der Waals surface area contributed by atoms with Crippen LogP contribution in [-0.2, 0) is 0 Å². The van der Waals surface area contributed by atoms with E-state index in [2.05, 4.69) is 127 Å². The summed E-state index contributed by atoms with van der Waals surface area (Å²) >= 11 is 0. The Morgan fingerprint density at radius 2 is 0.500 bits per heavy atom. The minimum absolute atomic E-state index is 0.638. The summed E-state index contributed by atoms with van der Waals surface area (Å²) in [5, 5.41) is 0. The average Bonchev–Trinajstić information content (AvgIpc) is 3.19. The van der Waals surface area contributed by atoms with Gasteiger partial charge in [0, 0.05) is 16.7 Å². The van der Waals surface area contributed by atoms with Gasteiger partial charge in [-0.05, 0) is 50.6 Å². The van der Waals surface area contributed by atoms with E-state index in [1.54, 1.807) is 0 Å². The lowest BCUT2D eigenvalue weighted by molar-refractivity contribution is 1.07. The highest BCUT2D eigenvalue weighted by atomic mass is 15.0. The molecule has 0 fully saturated rings. The average molecular weight is 614 g/mol. The van der Waals surface area contributed by atoms with Crippen LogP contribution >= 0.6 is 0 Å². The van der Waals surface area contributed by atoms with Crippen molar-refractivity contribution < 1.29 is 0 Å². The lowest BCUT2D eigenvalue weighted by atomic mass is 9.90. The van der Waals surface area contributed by atoms with E-state index >= 15 is 0 Å². The molecule has 0 N–H and O–H groups in total. The van der Waals surface area contributed by atoms with Crippen molar-refractivity contribution in [3.05, 3.63) is 188 Å². The van der Waals surface area contributed by atoms with Gasteiger partial charge in [0.25, 0.3) is 0 Å². The summed E-state index contributed by atoms with van der Waals surface area (Å²) in [5.41, 5.74) is 12.2. The molecular formula is C45H31N3. The van der Waals surface area contributed by atoms with Crippen molar-refractivity contribution in [1.82, 2.24) is 15.0 Å². The topological polar surface area (TPSA) is 38.7 Å². The number of hydrogen-bond acceptors (Lipinski definition) is 3. The van der Waals surface area contributed by atoms with Crippen LogP contribution in [0.25, 0.3) is 78.7 Å². The number of benzene rings is 7. The Kier molecular flexibility index (Phi) is 7.92. The monoisotopic (exact) mass is 613 g/mol. The molecule has 1 aromatic heterocycles. The quantitative estimate of drug-likeness (QED) is 0.179. The maximum Gasteiger partial charge on any atom is 0.164 e. The Balaban J connectivity index is 1.23. The van der Waals surface area contributed by atoms with Gasteiger partial charge in [-0.25, -0.2) is 15.0 Å². The summed E-state index contributed by atoms with van der Waals surface area (Å²) in [6.45, 7) is 0. The zero-order chi connectivity index (χ0) is 32.1. The summed E-state index contributed by atoms with van der Waals surface area (Å²) in [4.78, 5) is 14.9. The lowest BCUT2D eigenvalue weighted by Gasteiger charge is -2.15. The van der Waals surface area contributed by atoms with Gasteiger partial charge < -0.3 is 0 Å². The molecule has 0 unspecified atom stereocenters. The maximum absolute atomic E-state index is 4.99. The number of hydrogen-bond donors (Lipinski definition) is 0. The second-order valence-electron chi connectivity index (χ2n) is 11.7. The third-order valence-corrected chi connectivity index (χ3v) is 8.58. The second kappa shape index (κ2) is 13.1. The van der Waals surface area contributed by atoms with Crippen LogP contribution in [0.1, 0.15) is 0 Å². The number of nitrogens with zero attached hydrogens (tertiary/aromatic N) is 3. The van der Waals surface area contributed by atoms with Gasteiger partial charge >= 0.3 is 0 Å². The standard InChI is InChI=1S/C45H31N3/c1-5-15-32(16-6-1)39-23-13-14-24-40(39)34-25-27-35(28-26-34)41-30-29-38(31-42(41)33-17-7-2-8-18-33)45-47-43(36-19-9-3-10-20-36)46-44(48-45)37-21-11-4-12-22-37/h1-31H. The van der Waals surface area contributed by atoms with Crippen LogP contribution in [-0.4, -0.2) is 15.0 Å². The Morgan fingerprint density at radius 1 is 0.208 bits per heavy atom. The van der Waals surface area contributed by atoms with Gasteiger partial charge in [0.05, 0.1) is 0 Å². The van der Waals surface area contributed by atoms with E-state index < -0.39 is 0 Å². The third-order valence-electron chi connectivity index (χ3n) is 8.58. The minimum Gasteiger partial charge on any atom is -0.208 e. The van der Waals surface area contributed by atoms with Crippen molar-refractivity contribution in [3.63, 3.8) is 0 Å². The number of aromatic nitrogens is 3. The van der Waals surface area contributed by atoms with Gasteiger partial charge in [-0.1, -0.05) is 182 Å². The van der Waals surface area contributed by atoms with Crippen molar-refractivity contribution in [2.45, 2.75) is 0 Å². The molecule has 7 aromatic carbocycles. The van der Waals surface area contributed by atoms with Crippen LogP contribution < -0.4 is 0 Å². The largest absolute Gasteiger partial charge is 0.208 e.